The summed E-state index contributed by atoms with van der Waals surface area (Å²) in [5, 5.41) is 7.99. The molecule has 32 heavy (non-hydrogen) atoms. The molecule has 1 heterocycles. The monoisotopic (exact) mass is 436 g/mol. The maximum Gasteiger partial charge on any atom is 0.238 e. The minimum atomic E-state index is -0.0505. The van der Waals surface area contributed by atoms with Crippen LogP contribution < -0.4 is 15.4 Å². The first kappa shape index (κ1) is 23.4. The van der Waals surface area contributed by atoms with E-state index in [2.05, 4.69) is 43.4 Å². The minimum Gasteiger partial charge on any atom is -0.497 e. The number of ether oxygens (including phenoxy) is 1. The van der Waals surface area contributed by atoms with Crippen LogP contribution in [0.3, 0.4) is 0 Å². The van der Waals surface area contributed by atoms with E-state index in [9.17, 15) is 4.79 Å². The van der Waals surface area contributed by atoms with Crippen LogP contribution in [0.1, 0.15) is 6.92 Å². The van der Waals surface area contributed by atoms with E-state index in [1.807, 2.05) is 44.4 Å². The van der Waals surface area contributed by atoms with Crippen LogP contribution in [0.4, 0.5) is 11.6 Å². The van der Waals surface area contributed by atoms with Crippen LogP contribution >= 0.6 is 0 Å². The number of anilines is 2. The molecule has 2 aromatic carbocycles. The zero-order chi connectivity index (χ0) is 23.1. The molecule has 0 saturated carbocycles. The van der Waals surface area contributed by atoms with Gasteiger partial charge in [0, 0.05) is 43.0 Å². The van der Waals surface area contributed by atoms with Crippen LogP contribution in [0.2, 0.25) is 0 Å². The fourth-order valence-corrected chi connectivity index (χ4v) is 3.44. The molecule has 0 unspecified atom stereocenters. The van der Waals surface area contributed by atoms with E-state index in [1.54, 1.807) is 20.4 Å². The summed E-state index contributed by atoms with van der Waals surface area (Å²) in [6.45, 7) is 4.94. The molecule has 8 nitrogen and oxygen atoms in total. The van der Waals surface area contributed by atoms with Crippen molar-refractivity contribution in [2.75, 3.05) is 65.1 Å². The van der Waals surface area contributed by atoms with Crippen LogP contribution in [-0.4, -0.2) is 80.1 Å². The smallest absolute Gasteiger partial charge is 0.238 e. The molecule has 1 amide bonds. The van der Waals surface area contributed by atoms with E-state index in [1.165, 1.54) is 0 Å². The van der Waals surface area contributed by atoms with Crippen molar-refractivity contribution in [2.24, 2.45) is 0 Å². The van der Waals surface area contributed by atoms with E-state index < -0.39 is 0 Å². The number of rotatable bonds is 10. The Morgan fingerprint density at radius 2 is 1.94 bits per heavy atom. The third-order valence-corrected chi connectivity index (χ3v) is 5.29. The lowest BCUT2D eigenvalue weighted by atomic mass is 10.0. The van der Waals surface area contributed by atoms with Crippen LogP contribution in [0.25, 0.3) is 22.0 Å². The fourth-order valence-electron chi connectivity index (χ4n) is 3.44. The second kappa shape index (κ2) is 10.9. The van der Waals surface area contributed by atoms with Gasteiger partial charge in [0.15, 0.2) is 0 Å². The predicted octanol–water partition coefficient (Wildman–Crippen LogP) is 3.17. The summed E-state index contributed by atoms with van der Waals surface area (Å²) >= 11 is 0. The summed E-state index contributed by atoms with van der Waals surface area (Å²) in [5.41, 5.74) is 2.41. The van der Waals surface area contributed by atoms with E-state index in [4.69, 9.17) is 4.74 Å². The molecular weight excluding hydrogens is 404 g/mol. The van der Waals surface area contributed by atoms with Gasteiger partial charge in [-0.3, -0.25) is 9.69 Å². The van der Waals surface area contributed by atoms with Gasteiger partial charge >= 0.3 is 0 Å². The highest BCUT2D eigenvalue weighted by atomic mass is 16.5. The average molecular weight is 437 g/mol. The number of methoxy groups -OCH3 is 1. The molecule has 0 atom stereocenters. The van der Waals surface area contributed by atoms with Crippen LogP contribution in [0.5, 0.6) is 5.75 Å². The lowest BCUT2D eigenvalue weighted by molar-refractivity contribution is -0.117. The number of hydrogen-bond donors (Lipinski definition) is 2. The van der Waals surface area contributed by atoms with Gasteiger partial charge in [0.05, 0.1) is 19.3 Å². The van der Waals surface area contributed by atoms with Gasteiger partial charge in [-0.1, -0.05) is 13.0 Å². The fraction of sp³-hybridized carbons (Fsp3) is 0.375. The highest BCUT2D eigenvalue weighted by Crippen LogP contribution is 2.33. The SMILES string of the molecule is CCN(CCN(C)C)CC(=O)Nc1cc(-c2ccnc(NC)n2)cc2ccc(OC)cc12. The summed E-state index contributed by atoms with van der Waals surface area (Å²) in [6, 6.07) is 11.7. The molecule has 0 spiro atoms. The van der Waals surface area contributed by atoms with Crippen molar-refractivity contribution < 1.29 is 9.53 Å². The Morgan fingerprint density at radius 1 is 1.12 bits per heavy atom. The Hall–Kier alpha value is -3.23. The van der Waals surface area contributed by atoms with Gasteiger partial charge in [-0.2, -0.15) is 0 Å². The van der Waals surface area contributed by atoms with Crippen molar-refractivity contribution in [2.45, 2.75) is 6.92 Å². The quantitative estimate of drug-likeness (QED) is 0.505. The number of amides is 1. The van der Waals surface area contributed by atoms with E-state index >= 15 is 0 Å². The Balaban J connectivity index is 1.94. The molecule has 0 radical (unpaired) electrons. The lowest BCUT2D eigenvalue weighted by Gasteiger charge is -2.22. The zero-order valence-electron chi connectivity index (χ0n) is 19.5. The third-order valence-electron chi connectivity index (χ3n) is 5.29. The van der Waals surface area contributed by atoms with Crippen molar-refractivity contribution in [1.29, 1.82) is 0 Å². The molecule has 1 aromatic heterocycles. The van der Waals surface area contributed by atoms with E-state index in [0.29, 0.717) is 12.5 Å². The average Bonchev–Trinajstić information content (AvgIpc) is 2.81. The first-order valence-electron chi connectivity index (χ1n) is 10.7. The highest BCUT2D eigenvalue weighted by molar-refractivity contribution is 6.05. The normalized spacial score (nSPS) is 11.2. The molecule has 0 fully saturated rings. The maximum atomic E-state index is 12.9. The van der Waals surface area contributed by atoms with Gasteiger partial charge in [0.1, 0.15) is 5.75 Å². The van der Waals surface area contributed by atoms with Crippen LogP contribution in [0.15, 0.2) is 42.6 Å². The number of benzene rings is 2. The van der Waals surface area contributed by atoms with Crippen LogP contribution in [0, 0.1) is 0 Å². The van der Waals surface area contributed by atoms with Gasteiger partial charge in [0.2, 0.25) is 11.9 Å². The number of nitrogens with one attached hydrogen (secondary N) is 2. The number of carbonyl (C=O) groups excluding carboxylic acids is 1. The van der Waals surface area contributed by atoms with Gasteiger partial charge in [-0.25, -0.2) is 9.97 Å². The van der Waals surface area contributed by atoms with E-state index in [-0.39, 0.29) is 5.91 Å². The molecule has 0 aliphatic carbocycles. The Labute approximate surface area is 189 Å². The van der Waals surface area contributed by atoms with Crippen molar-refractivity contribution in [3.05, 3.63) is 42.6 Å². The molecule has 0 saturated heterocycles. The van der Waals surface area contributed by atoms with E-state index in [0.717, 1.165) is 53.1 Å². The number of nitrogens with zero attached hydrogens (tertiary/aromatic N) is 4. The van der Waals surface area contributed by atoms with Crippen molar-refractivity contribution in [3.8, 4) is 17.0 Å². The molecule has 0 aliphatic heterocycles. The number of aromatic nitrogens is 2. The Kier molecular flexibility index (Phi) is 7.97. The number of carbonyl (C=O) groups is 1. The number of fused-ring (bicyclic) bond motifs is 1. The Morgan fingerprint density at radius 3 is 2.62 bits per heavy atom. The zero-order valence-corrected chi connectivity index (χ0v) is 19.5. The third kappa shape index (κ3) is 5.93. The second-order valence-electron chi connectivity index (χ2n) is 7.85. The van der Waals surface area contributed by atoms with Gasteiger partial charge in [0.25, 0.3) is 0 Å². The highest BCUT2D eigenvalue weighted by Gasteiger charge is 2.14. The van der Waals surface area contributed by atoms with Gasteiger partial charge < -0.3 is 20.3 Å². The largest absolute Gasteiger partial charge is 0.497 e. The minimum absolute atomic E-state index is 0.0505. The predicted molar refractivity (Wildman–Crippen MR) is 130 cm³/mol. The van der Waals surface area contributed by atoms with Gasteiger partial charge in [-0.05, 0) is 56.4 Å². The maximum absolute atomic E-state index is 12.9. The molecule has 170 valence electrons. The first-order valence-corrected chi connectivity index (χ1v) is 10.7. The summed E-state index contributed by atoms with van der Waals surface area (Å²) < 4.78 is 5.41. The van der Waals surface area contributed by atoms with Crippen molar-refractivity contribution in [3.63, 3.8) is 0 Å². The molecule has 0 bridgehead atoms. The number of hydrogen-bond acceptors (Lipinski definition) is 7. The van der Waals surface area contributed by atoms with Gasteiger partial charge in [-0.15, -0.1) is 0 Å². The summed E-state index contributed by atoms with van der Waals surface area (Å²) in [5.74, 6) is 1.23. The summed E-state index contributed by atoms with van der Waals surface area (Å²) in [6.07, 6.45) is 1.72. The van der Waals surface area contributed by atoms with Crippen LogP contribution in [-0.2, 0) is 4.79 Å². The lowest BCUT2D eigenvalue weighted by Crippen LogP contribution is -2.37. The molecule has 0 aliphatic rings. The molecular formula is C24H32N6O2. The molecule has 2 N–H and O–H groups in total. The van der Waals surface area contributed by atoms with Crippen molar-refractivity contribution >= 4 is 28.3 Å². The first-order chi connectivity index (χ1) is 15.4. The molecule has 8 heteroatoms. The topological polar surface area (TPSA) is 82.6 Å². The standard InChI is InChI=1S/C24H32N6O2/c1-6-30(12-11-29(3)4)16-23(31)27-22-14-18(21-9-10-26-24(25-2)28-21)13-17-7-8-19(32-5)15-20(17)22/h7-10,13-15H,6,11-12,16H2,1-5H3,(H,27,31)(H,25,26,28). The molecule has 3 aromatic rings. The summed E-state index contributed by atoms with van der Waals surface area (Å²) in [7, 11) is 7.49. The summed E-state index contributed by atoms with van der Waals surface area (Å²) in [4.78, 5) is 25.9. The second-order valence-corrected chi connectivity index (χ2v) is 7.85. The Bertz CT molecular complexity index is 1070. The number of likely N-dealkylation sites (N-methyl/N-ethyl adjacent to an activating group) is 2. The van der Waals surface area contributed by atoms with Crippen molar-refractivity contribution in [1.82, 2.24) is 19.8 Å². The molecule has 3 rings (SSSR count).